The molecule has 0 aliphatic carbocycles. The summed E-state index contributed by atoms with van der Waals surface area (Å²) in [4.78, 5) is 7.41. The Morgan fingerprint density at radius 3 is 2.79 bits per heavy atom. The van der Waals surface area contributed by atoms with E-state index in [0.29, 0.717) is 22.2 Å². The standard InChI is InChI=1S/C12H10ClF2N3O/c13-9-3-7(16)1-2-11(9)19-6-8-4-17-5-10(18-8)12(14)15/h1-5,12H,6,16H2. The maximum atomic E-state index is 12.4. The lowest BCUT2D eigenvalue weighted by Crippen LogP contribution is -2.02. The smallest absolute Gasteiger partial charge is 0.281 e. The minimum atomic E-state index is -2.66. The third-order valence-electron chi connectivity index (χ3n) is 2.26. The average molecular weight is 286 g/mol. The maximum Gasteiger partial charge on any atom is 0.281 e. The van der Waals surface area contributed by atoms with Gasteiger partial charge in [0.1, 0.15) is 18.1 Å². The van der Waals surface area contributed by atoms with E-state index in [9.17, 15) is 8.78 Å². The fraction of sp³-hybridized carbons (Fsp3) is 0.167. The molecular weight excluding hydrogens is 276 g/mol. The Morgan fingerprint density at radius 1 is 1.32 bits per heavy atom. The van der Waals surface area contributed by atoms with E-state index in [4.69, 9.17) is 22.1 Å². The van der Waals surface area contributed by atoms with Gasteiger partial charge in [-0.2, -0.15) is 0 Å². The Morgan fingerprint density at radius 2 is 2.11 bits per heavy atom. The van der Waals surface area contributed by atoms with Crippen LogP contribution in [0.15, 0.2) is 30.6 Å². The Labute approximate surface area is 113 Å². The number of anilines is 1. The first-order chi connectivity index (χ1) is 9.06. The number of nitrogens with two attached hydrogens (primary N) is 1. The molecule has 0 amide bonds. The Balaban J connectivity index is 2.08. The summed E-state index contributed by atoms with van der Waals surface area (Å²) in [6.07, 6.45) is -0.283. The second-order valence-corrected chi connectivity index (χ2v) is 4.12. The van der Waals surface area contributed by atoms with Crippen LogP contribution in [0.4, 0.5) is 14.5 Å². The summed E-state index contributed by atoms with van der Waals surface area (Å²) in [7, 11) is 0. The fourth-order valence-electron chi connectivity index (χ4n) is 1.38. The van der Waals surface area contributed by atoms with E-state index >= 15 is 0 Å². The molecule has 0 aliphatic heterocycles. The van der Waals surface area contributed by atoms with Crippen molar-refractivity contribution in [2.24, 2.45) is 0 Å². The lowest BCUT2D eigenvalue weighted by molar-refractivity contribution is 0.144. The van der Waals surface area contributed by atoms with Gasteiger partial charge in [-0.3, -0.25) is 4.98 Å². The van der Waals surface area contributed by atoms with Crippen LogP contribution in [0, 0.1) is 0 Å². The fourth-order valence-corrected chi connectivity index (χ4v) is 1.63. The van der Waals surface area contributed by atoms with E-state index in [1.54, 1.807) is 12.1 Å². The zero-order valence-electron chi connectivity index (χ0n) is 9.69. The zero-order chi connectivity index (χ0) is 13.8. The average Bonchev–Trinajstić information content (AvgIpc) is 2.38. The molecule has 1 heterocycles. The molecule has 2 rings (SSSR count). The maximum absolute atomic E-state index is 12.4. The van der Waals surface area contributed by atoms with Crippen molar-refractivity contribution in [3.05, 3.63) is 47.0 Å². The summed E-state index contributed by atoms with van der Waals surface area (Å²) in [6.45, 7) is -0.00278. The first kappa shape index (κ1) is 13.5. The number of benzene rings is 1. The van der Waals surface area contributed by atoms with Crippen molar-refractivity contribution in [3.8, 4) is 5.75 Å². The number of hydrogen-bond donors (Lipinski definition) is 1. The van der Waals surface area contributed by atoms with Gasteiger partial charge in [-0.1, -0.05) is 11.6 Å². The molecule has 1 aromatic carbocycles. The molecule has 0 radical (unpaired) electrons. The predicted molar refractivity (Wildman–Crippen MR) is 67.2 cm³/mol. The highest BCUT2D eigenvalue weighted by atomic mass is 35.5. The molecule has 0 unspecified atom stereocenters. The first-order valence-corrected chi connectivity index (χ1v) is 5.71. The van der Waals surface area contributed by atoms with Crippen molar-refractivity contribution in [2.75, 3.05) is 5.73 Å². The minimum Gasteiger partial charge on any atom is -0.486 e. The molecule has 2 N–H and O–H groups in total. The molecule has 0 spiro atoms. The SMILES string of the molecule is Nc1ccc(OCc2cncc(C(F)F)n2)c(Cl)c1. The quantitative estimate of drug-likeness (QED) is 0.876. The van der Waals surface area contributed by atoms with E-state index in [1.807, 2.05) is 0 Å². The lowest BCUT2D eigenvalue weighted by Gasteiger charge is -2.08. The highest BCUT2D eigenvalue weighted by Crippen LogP contribution is 2.27. The van der Waals surface area contributed by atoms with E-state index in [-0.39, 0.29) is 12.3 Å². The number of nitrogens with zero attached hydrogens (tertiary/aromatic N) is 2. The molecule has 7 heteroatoms. The number of rotatable bonds is 4. The van der Waals surface area contributed by atoms with Crippen molar-refractivity contribution in [1.29, 1.82) is 0 Å². The Kier molecular flexibility index (Phi) is 4.11. The molecule has 2 aromatic rings. The third-order valence-corrected chi connectivity index (χ3v) is 2.55. The lowest BCUT2D eigenvalue weighted by atomic mass is 10.3. The summed E-state index contributed by atoms with van der Waals surface area (Å²) >= 11 is 5.92. The molecule has 0 saturated carbocycles. The van der Waals surface area contributed by atoms with E-state index in [1.165, 1.54) is 12.3 Å². The summed E-state index contributed by atoms with van der Waals surface area (Å²) in [5, 5.41) is 0.345. The minimum absolute atomic E-state index is 0.00278. The van der Waals surface area contributed by atoms with Gasteiger partial charge >= 0.3 is 0 Å². The van der Waals surface area contributed by atoms with Gasteiger partial charge in [0, 0.05) is 5.69 Å². The second kappa shape index (κ2) is 5.79. The van der Waals surface area contributed by atoms with Crippen molar-refractivity contribution < 1.29 is 13.5 Å². The number of halogens is 3. The molecule has 19 heavy (non-hydrogen) atoms. The van der Waals surface area contributed by atoms with Gasteiger partial charge < -0.3 is 10.5 Å². The van der Waals surface area contributed by atoms with Gasteiger partial charge in [0.2, 0.25) is 0 Å². The van der Waals surface area contributed by atoms with Crippen molar-refractivity contribution in [3.63, 3.8) is 0 Å². The predicted octanol–water partition coefficient (Wildman–Crippen LogP) is 3.23. The Bertz CT molecular complexity index is 581. The zero-order valence-corrected chi connectivity index (χ0v) is 10.4. The van der Waals surface area contributed by atoms with Gasteiger partial charge in [0.05, 0.1) is 23.1 Å². The number of hydrogen-bond acceptors (Lipinski definition) is 4. The number of alkyl halides is 2. The van der Waals surface area contributed by atoms with Crippen molar-refractivity contribution in [2.45, 2.75) is 13.0 Å². The van der Waals surface area contributed by atoms with Gasteiger partial charge in [-0.05, 0) is 18.2 Å². The monoisotopic (exact) mass is 285 g/mol. The molecule has 0 aliphatic rings. The van der Waals surface area contributed by atoms with Gasteiger partial charge in [-0.15, -0.1) is 0 Å². The molecule has 4 nitrogen and oxygen atoms in total. The third kappa shape index (κ3) is 3.51. The van der Waals surface area contributed by atoms with Crippen LogP contribution in [0.2, 0.25) is 5.02 Å². The molecule has 0 fully saturated rings. The Hall–Kier alpha value is -1.95. The number of aromatic nitrogens is 2. The summed E-state index contributed by atoms with van der Waals surface area (Å²) in [5.74, 6) is 0.403. The molecule has 1 aromatic heterocycles. The van der Waals surface area contributed by atoms with E-state index in [2.05, 4.69) is 9.97 Å². The molecule has 0 saturated heterocycles. The summed E-state index contributed by atoms with van der Waals surface area (Å²) in [5.41, 5.74) is 5.97. The highest BCUT2D eigenvalue weighted by Gasteiger charge is 2.10. The van der Waals surface area contributed by atoms with Crippen molar-refractivity contribution >= 4 is 17.3 Å². The summed E-state index contributed by atoms with van der Waals surface area (Å²) < 4.78 is 30.3. The van der Waals surface area contributed by atoms with Crippen LogP contribution >= 0.6 is 11.6 Å². The van der Waals surface area contributed by atoms with Crippen LogP contribution in [-0.2, 0) is 6.61 Å². The highest BCUT2D eigenvalue weighted by molar-refractivity contribution is 6.32. The van der Waals surface area contributed by atoms with Gasteiger partial charge in [0.25, 0.3) is 6.43 Å². The van der Waals surface area contributed by atoms with Gasteiger partial charge in [-0.25, -0.2) is 13.8 Å². The van der Waals surface area contributed by atoms with E-state index in [0.717, 1.165) is 6.20 Å². The van der Waals surface area contributed by atoms with Crippen LogP contribution in [0.5, 0.6) is 5.75 Å². The molecule has 100 valence electrons. The van der Waals surface area contributed by atoms with Crippen LogP contribution in [-0.4, -0.2) is 9.97 Å². The van der Waals surface area contributed by atoms with Crippen LogP contribution in [0.1, 0.15) is 17.8 Å². The second-order valence-electron chi connectivity index (χ2n) is 3.71. The number of nitrogen functional groups attached to an aromatic ring is 1. The summed E-state index contributed by atoms with van der Waals surface area (Å²) in [6, 6.07) is 4.77. The normalized spacial score (nSPS) is 10.7. The van der Waals surface area contributed by atoms with Crippen LogP contribution in [0.3, 0.4) is 0 Å². The molecule has 0 atom stereocenters. The van der Waals surface area contributed by atoms with Crippen LogP contribution < -0.4 is 10.5 Å². The van der Waals surface area contributed by atoms with Gasteiger partial charge in [0.15, 0.2) is 0 Å². The number of ether oxygens (including phenoxy) is 1. The molecular formula is C12H10ClF2N3O. The molecule has 0 bridgehead atoms. The largest absolute Gasteiger partial charge is 0.486 e. The van der Waals surface area contributed by atoms with Crippen LogP contribution in [0.25, 0.3) is 0 Å². The van der Waals surface area contributed by atoms with Crippen molar-refractivity contribution in [1.82, 2.24) is 9.97 Å². The topological polar surface area (TPSA) is 61.0 Å². The van der Waals surface area contributed by atoms with E-state index < -0.39 is 6.43 Å². The first-order valence-electron chi connectivity index (χ1n) is 5.33.